The standard InChI is InChI=1S/C9H14BrNO/c1-6(2)5-8(11)7-3-4-12-9(7)10/h3-4,6,8H,5,11H2,1-2H3. The van der Waals surface area contributed by atoms with E-state index in [0.29, 0.717) is 5.92 Å². The van der Waals surface area contributed by atoms with Crippen molar-refractivity contribution in [3.8, 4) is 0 Å². The molecule has 0 fully saturated rings. The van der Waals surface area contributed by atoms with Crippen LogP contribution in [-0.4, -0.2) is 0 Å². The smallest absolute Gasteiger partial charge is 0.173 e. The van der Waals surface area contributed by atoms with Crippen molar-refractivity contribution in [2.45, 2.75) is 26.3 Å². The summed E-state index contributed by atoms with van der Waals surface area (Å²) < 4.78 is 5.86. The number of nitrogens with two attached hydrogens (primary N) is 1. The van der Waals surface area contributed by atoms with Gasteiger partial charge in [-0.15, -0.1) is 0 Å². The fourth-order valence-electron chi connectivity index (χ4n) is 1.20. The van der Waals surface area contributed by atoms with Crippen LogP contribution < -0.4 is 5.73 Å². The van der Waals surface area contributed by atoms with Gasteiger partial charge in [0.1, 0.15) is 0 Å². The molecule has 0 radical (unpaired) electrons. The number of halogens is 1. The summed E-state index contributed by atoms with van der Waals surface area (Å²) in [4.78, 5) is 0. The van der Waals surface area contributed by atoms with Gasteiger partial charge in [0, 0.05) is 11.6 Å². The number of hydrogen-bond acceptors (Lipinski definition) is 2. The lowest BCUT2D eigenvalue weighted by molar-refractivity contribution is 0.491. The summed E-state index contributed by atoms with van der Waals surface area (Å²) in [6.07, 6.45) is 2.64. The van der Waals surface area contributed by atoms with Crippen molar-refractivity contribution in [1.29, 1.82) is 0 Å². The van der Waals surface area contributed by atoms with Crippen molar-refractivity contribution in [3.63, 3.8) is 0 Å². The van der Waals surface area contributed by atoms with Crippen LogP contribution in [0, 0.1) is 5.92 Å². The first-order valence-corrected chi connectivity index (χ1v) is 4.89. The number of rotatable bonds is 3. The van der Waals surface area contributed by atoms with Gasteiger partial charge in [-0.05, 0) is 34.3 Å². The Bertz CT molecular complexity index is 244. The van der Waals surface area contributed by atoms with E-state index in [4.69, 9.17) is 10.2 Å². The molecule has 1 aromatic heterocycles. The second-order valence-electron chi connectivity index (χ2n) is 3.39. The molecule has 0 amide bonds. The van der Waals surface area contributed by atoms with Crippen molar-refractivity contribution in [2.24, 2.45) is 11.7 Å². The van der Waals surface area contributed by atoms with Gasteiger partial charge >= 0.3 is 0 Å². The zero-order chi connectivity index (χ0) is 9.14. The molecule has 0 saturated carbocycles. The molecule has 0 aliphatic carbocycles. The zero-order valence-corrected chi connectivity index (χ0v) is 8.97. The fourth-order valence-corrected chi connectivity index (χ4v) is 1.74. The summed E-state index contributed by atoms with van der Waals surface area (Å²) in [6.45, 7) is 4.32. The normalized spacial score (nSPS) is 13.8. The van der Waals surface area contributed by atoms with E-state index in [0.717, 1.165) is 16.7 Å². The Morgan fingerprint density at radius 3 is 2.67 bits per heavy atom. The Labute approximate surface area is 81.3 Å². The highest BCUT2D eigenvalue weighted by atomic mass is 79.9. The van der Waals surface area contributed by atoms with Crippen LogP contribution in [0.15, 0.2) is 21.4 Å². The maximum Gasteiger partial charge on any atom is 0.173 e. The van der Waals surface area contributed by atoms with Gasteiger partial charge in [0.25, 0.3) is 0 Å². The molecule has 1 heterocycles. The van der Waals surface area contributed by atoms with E-state index in [9.17, 15) is 0 Å². The molecule has 0 bridgehead atoms. The molecule has 1 rings (SSSR count). The highest BCUT2D eigenvalue weighted by molar-refractivity contribution is 9.10. The maximum atomic E-state index is 5.95. The van der Waals surface area contributed by atoms with Crippen LogP contribution in [0.2, 0.25) is 0 Å². The van der Waals surface area contributed by atoms with Gasteiger partial charge in [0.2, 0.25) is 0 Å². The van der Waals surface area contributed by atoms with E-state index >= 15 is 0 Å². The first-order valence-electron chi connectivity index (χ1n) is 4.09. The Morgan fingerprint density at radius 1 is 1.58 bits per heavy atom. The van der Waals surface area contributed by atoms with Crippen molar-refractivity contribution in [3.05, 3.63) is 22.6 Å². The Morgan fingerprint density at radius 2 is 2.25 bits per heavy atom. The van der Waals surface area contributed by atoms with Gasteiger partial charge in [-0.25, -0.2) is 0 Å². The van der Waals surface area contributed by atoms with Gasteiger partial charge < -0.3 is 10.2 Å². The van der Waals surface area contributed by atoms with Crippen LogP contribution in [0.3, 0.4) is 0 Å². The molecule has 1 atom stereocenters. The van der Waals surface area contributed by atoms with Crippen LogP contribution in [0.25, 0.3) is 0 Å². The largest absolute Gasteiger partial charge is 0.457 e. The van der Waals surface area contributed by atoms with E-state index in [-0.39, 0.29) is 6.04 Å². The predicted molar refractivity (Wildman–Crippen MR) is 52.8 cm³/mol. The molecule has 0 aliphatic rings. The first kappa shape index (κ1) is 9.81. The second kappa shape index (κ2) is 4.10. The van der Waals surface area contributed by atoms with E-state index in [1.54, 1.807) is 6.26 Å². The van der Waals surface area contributed by atoms with Crippen LogP contribution in [0.5, 0.6) is 0 Å². The summed E-state index contributed by atoms with van der Waals surface area (Å²) in [5.74, 6) is 0.613. The summed E-state index contributed by atoms with van der Waals surface area (Å²) in [5.41, 5.74) is 7.01. The van der Waals surface area contributed by atoms with Crippen LogP contribution >= 0.6 is 15.9 Å². The minimum absolute atomic E-state index is 0.0816. The van der Waals surface area contributed by atoms with Crippen LogP contribution in [0.4, 0.5) is 0 Å². The predicted octanol–water partition coefficient (Wildman–Crippen LogP) is 3.09. The first-order chi connectivity index (χ1) is 5.61. The molecule has 12 heavy (non-hydrogen) atoms. The van der Waals surface area contributed by atoms with E-state index in [1.807, 2.05) is 6.07 Å². The van der Waals surface area contributed by atoms with Gasteiger partial charge in [0.15, 0.2) is 4.67 Å². The lowest BCUT2D eigenvalue weighted by Crippen LogP contribution is -2.12. The molecular weight excluding hydrogens is 218 g/mol. The average molecular weight is 232 g/mol. The third kappa shape index (κ3) is 2.35. The number of hydrogen-bond donors (Lipinski definition) is 1. The summed E-state index contributed by atoms with van der Waals surface area (Å²) >= 11 is 3.31. The van der Waals surface area contributed by atoms with E-state index < -0.39 is 0 Å². The SMILES string of the molecule is CC(C)CC(N)c1ccoc1Br. The van der Waals surface area contributed by atoms with Crippen LogP contribution in [-0.2, 0) is 0 Å². The lowest BCUT2D eigenvalue weighted by atomic mass is 10.0. The van der Waals surface area contributed by atoms with Crippen LogP contribution in [0.1, 0.15) is 31.9 Å². The van der Waals surface area contributed by atoms with Gasteiger partial charge in [-0.3, -0.25) is 0 Å². The molecule has 1 unspecified atom stereocenters. The van der Waals surface area contributed by atoms with E-state index in [1.165, 1.54) is 0 Å². The molecule has 0 aromatic carbocycles. The zero-order valence-electron chi connectivity index (χ0n) is 7.38. The third-order valence-electron chi connectivity index (χ3n) is 1.77. The number of furan rings is 1. The Hall–Kier alpha value is -0.280. The van der Waals surface area contributed by atoms with Gasteiger partial charge in [-0.2, -0.15) is 0 Å². The summed E-state index contributed by atoms with van der Waals surface area (Å²) in [6, 6.07) is 2.00. The summed E-state index contributed by atoms with van der Waals surface area (Å²) in [7, 11) is 0. The molecule has 0 spiro atoms. The Kier molecular flexibility index (Phi) is 3.35. The van der Waals surface area contributed by atoms with E-state index in [2.05, 4.69) is 29.8 Å². The molecular formula is C9H14BrNO. The monoisotopic (exact) mass is 231 g/mol. The molecule has 2 N–H and O–H groups in total. The fraction of sp³-hybridized carbons (Fsp3) is 0.556. The summed E-state index contributed by atoms with van der Waals surface area (Å²) in [5, 5.41) is 0. The Balaban J connectivity index is 2.65. The van der Waals surface area contributed by atoms with Crippen molar-refractivity contribution < 1.29 is 4.42 Å². The van der Waals surface area contributed by atoms with Crippen molar-refractivity contribution in [2.75, 3.05) is 0 Å². The highest BCUT2D eigenvalue weighted by Crippen LogP contribution is 2.26. The second-order valence-corrected chi connectivity index (χ2v) is 4.11. The average Bonchev–Trinajstić information content (AvgIpc) is 2.33. The van der Waals surface area contributed by atoms with Crippen molar-refractivity contribution >= 4 is 15.9 Å². The topological polar surface area (TPSA) is 39.2 Å². The molecule has 3 heteroatoms. The third-order valence-corrected chi connectivity index (χ3v) is 2.42. The maximum absolute atomic E-state index is 5.95. The minimum atomic E-state index is 0.0816. The molecule has 0 saturated heterocycles. The molecule has 68 valence electrons. The minimum Gasteiger partial charge on any atom is -0.457 e. The van der Waals surface area contributed by atoms with Crippen molar-refractivity contribution in [1.82, 2.24) is 0 Å². The van der Waals surface area contributed by atoms with Gasteiger partial charge in [-0.1, -0.05) is 13.8 Å². The molecule has 0 aliphatic heterocycles. The quantitative estimate of drug-likeness (QED) is 0.869. The molecule has 2 nitrogen and oxygen atoms in total. The lowest BCUT2D eigenvalue weighted by Gasteiger charge is -2.12. The molecule has 1 aromatic rings. The highest BCUT2D eigenvalue weighted by Gasteiger charge is 2.13. The van der Waals surface area contributed by atoms with Gasteiger partial charge in [0.05, 0.1) is 6.26 Å².